The SMILES string of the molecule is C(=CC=C1C=c2ccccc2=CN1)C=Cc1cc2ccccc2cn1. The number of aromatic nitrogens is 1. The van der Waals surface area contributed by atoms with E-state index >= 15 is 0 Å². The first kappa shape index (κ1) is 15.2. The molecule has 0 bridgehead atoms. The van der Waals surface area contributed by atoms with Crippen LogP contribution in [0.2, 0.25) is 0 Å². The van der Waals surface area contributed by atoms with Crippen molar-refractivity contribution in [1.29, 1.82) is 0 Å². The lowest BCUT2D eigenvalue weighted by molar-refractivity contribution is 1.17. The fraction of sp³-hybridized carbons (Fsp3) is 0. The van der Waals surface area contributed by atoms with Crippen LogP contribution >= 0.6 is 0 Å². The Bertz CT molecular complexity index is 1120. The van der Waals surface area contributed by atoms with Crippen molar-refractivity contribution < 1.29 is 0 Å². The zero-order chi connectivity index (χ0) is 16.9. The highest BCUT2D eigenvalue weighted by Crippen LogP contribution is 2.14. The van der Waals surface area contributed by atoms with Crippen LogP contribution in [-0.4, -0.2) is 4.98 Å². The standard InChI is InChI=1S/C23H18N2/c1(2-12-22-14-18-8-4-6-10-20(18)16-24-22)3-13-23-15-19-9-5-7-11-21(19)17-25-23/h1-17,24H. The van der Waals surface area contributed by atoms with Gasteiger partial charge in [-0.2, -0.15) is 0 Å². The molecule has 0 aliphatic carbocycles. The fourth-order valence-electron chi connectivity index (χ4n) is 2.81. The Morgan fingerprint density at radius 3 is 2.52 bits per heavy atom. The van der Waals surface area contributed by atoms with Gasteiger partial charge in [-0.05, 0) is 40.1 Å². The van der Waals surface area contributed by atoms with Gasteiger partial charge in [0.15, 0.2) is 0 Å². The summed E-state index contributed by atoms with van der Waals surface area (Å²) in [4.78, 5) is 4.46. The minimum atomic E-state index is 0.959. The van der Waals surface area contributed by atoms with Crippen LogP contribution in [0.5, 0.6) is 0 Å². The number of benzene rings is 2. The van der Waals surface area contributed by atoms with Gasteiger partial charge in [0.25, 0.3) is 0 Å². The van der Waals surface area contributed by atoms with E-state index in [-0.39, 0.29) is 0 Å². The molecule has 2 aromatic carbocycles. The first-order valence-corrected chi connectivity index (χ1v) is 8.32. The van der Waals surface area contributed by atoms with Crippen molar-refractivity contribution in [2.45, 2.75) is 0 Å². The van der Waals surface area contributed by atoms with E-state index in [4.69, 9.17) is 0 Å². The van der Waals surface area contributed by atoms with Crippen LogP contribution in [0.4, 0.5) is 0 Å². The Kier molecular flexibility index (Phi) is 4.25. The first-order valence-electron chi connectivity index (χ1n) is 8.32. The number of nitrogens with one attached hydrogen (secondary N) is 1. The lowest BCUT2D eigenvalue weighted by Crippen LogP contribution is -2.31. The van der Waals surface area contributed by atoms with Gasteiger partial charge in [-0.1, -0.05) is 66.8 Å². The van der Waals surface area contributed by atoms with Crippen LogP contribution in [0.25, 0.3) is 29.1 Å². The number of fused-ring (bicyclic) bond motifs is 2. The van der Waals surface area contributed by atoms with Crippen LogP contribution < -0.4 is 15.8 Å². The third kappa shape index (κ3) is 3.59. The molecular weight excluding hydrogens is 304 g/mol. The van der Waals surface area contributed by atoms with E-state index in [0.717, 1.165) is 16.8 Å². The molecule has 0 radical (unpaired) electrons. The molecule has 2 nitrogen and oxygen atoms in total. The Hall–Kier alpha value is -3.39. The zero-order valence-electron chi connectivity index (χ0n) is 13.8. The minimum absolute atomic E-state index is 0.959. The Morgan fingerprint density at radius 2 is 1.60 bits per heavy atom. The smallest absolute Gasteiger partial charge is 0.0636 e. The maximum absolute atomic E-state index is 4.46. The molecule has 1 aromatic heterocycles. The molecule has 2 heterocycles. The number of hydrogen-bond donors (Lipinski definition) is 1. The van der Waals surface area contributed by atoms with E-state index in [1.165, 1.54) is 15.8 Å². The molecule has 0 amide bonds. The van der Waals surface area contributed by atoms with Crippen molar-refractivity contribution in [2.24, 2.45) is 0 Å². The third-order valence-electron chi connectivity index (χ3n) is 4.12. The second kappa shape index (κ2) is 7.02. The summed E-state index contributed by atoms with van der Waals surface area (Å²) in [5.74, 6) is 0. The van der Waals surface area contributed by atoms with Crippen LogP contribution in [0, 0.1) is 0 Å². The van der Waals surface area contributed by atoms with Gasteiger partial charge in [-0.3, -0.25) is 4.98 Å². The lowest BCUT2D eigenvalue weighted by atomic mass is 10.1. The summed E-state index contributed by atoms with van der Waals surface area (Å²) in [7, 11) is 0. The number of nitrogens with zero attached hydrogens (tertiary/aromatic N) is 1. The average molecular weight is 322 g/mol. The van der Waals surface area contributed by atoms with Gasteiger partial charge in [0.1, 0.15) is 0 Å². The Morgan fingerprint density at radius 1 is 0.800 bits per heavy atom. The van der Waals surface area contributed by atoms with Crippen molar-refractivity contribution in [3.63, 3.8) is 0 Å². The molecule has 0 unspecified atom stereocenters. The average Bonchev–Trinajstić information content (AvgIpc) is 2.67. The summed E-state index contributed by atoms with van der Waals surface area (Å²) in [6.45, 7) is 0. The molecule has 0 fully saturated rings. The molecule has 4 rings (SSSR count). The number of rotatable bonds is 3. The van der Waals surface area contributed by atoms with Gasteiger partial charge in [0.2, 0.25) is 0 Å². The number of allylic oxidation sites excluding steroid dienone is 5. The minimum Gasteiger partial charge on any atom is -0.361 e. The maximum Gasteiger partial charge on any atom is 0.0636 e. The second-order valence-corrected chi connectivity index (χ2v) is 5.88. The molecule has 0 saturated heterocycles. The van der Waals surface area contributed by atoms with Crippen molar-refractivity contribution in [3.8, 4) is 0 Å². The summed E-state index contributed by atoms with van der Waals surface area (Å²) in [5, 5.41) is 8.11. The van der Waals surface area contributed by atoms with Gasteiger partial charge in [-0.15, -0.1) is 0 Å². The lowest BCUT2D eigenvalue weighted by Gasteiger charge is -2.06. The summed E-state index contributed by atoms with van der Waals surface area (Å²) in [6, 6.07) is 18.7. The highest BCUT2D eigenvalue weighted by Gasteiger charge is 1.95. The molecule has 25 heavy (non-hydrogen) atoms. The van der Waals surface area contributed by atoms with Crippen molar-refractivity contribution in [3.05, 3.63) is 107 Å². The topological polar surface area (TPSA) is 24.9 Å². The molecule has 1 N–H and O–H groups in total. The maximum atomic E-state index is 4.46. The molecular formula is C23H18N2. The second-order valence-electron chi connectivity index (χ2n) is 5.88. The highest BCUT2D eigenvalue weighted by molar-refractivity contribution is 5.83. The predicted molar refractivity (Wildman–Crippen MR) is 106 cm³/mol. The number of pyridine rings is 1. The molecule has 3 aromatic rings. The Balaban J connectivity index is 1.47. The van der Waals surface area contributed by atoms with E-state index in [0.29, 0.717) is 0 Å². The largest absolute Gasteiger partial charge is 0.361 e. The predicted octanol–water partition coefficient (Wildman–Crippen LogP) is 3.51. The third-order valence-corrected chi connectivity index (χ3v) is 4.12. The molecule has 0 atom stereocenters. The monoisotopic (exact) mass is 322 g/mol. The number of hydrogen-bond acceptors (Lipinski definition) is 2. The van der Waals surface area contributed by atoms with Crippen molar-refractivity contribution in [2.75, 3.05) is 0 Å². The van der Waals surface area contributed by atoms with Crippen molar-refractivity contribution >= 4 is 29.1 Å². The van der Waals surface area contributed by atoms with Gasteiger partial charge in [0.05, 0.1) is 5.69 Å². The van der Waals surface area contributed by atoms with Crippen molar-refractivity contribution in [1.82, 2.24) is 10.3 Å². The highest BCUT2D eigenvalue weighted by atomic mass is 14.8. The van der Waals surface area contributed by atoms with Gasteiger partial charge < -0.3 is 5.32 Å². The quantitative estimate of drug-likeness (QED) is 0.747. The van der Waals surface area contributed by atoms with E-state index in [2.05, 4.69) is 58.9 Å². The molecule has 0 saturated carbocycles. The van der Waals surface area contributed by atoms with E-state index in [1.807, 2.05) is 54.9 Å². The van der Waals surface area contributed by atoms with Gasteiger partial charge in [-0.25, -0.2) is 0 Å². The van der Waals surface area contributed by atoms with Crippen LogP contribution in [-0.2, 0) is 0 Å². The zero-order valence-corrected chi connectivity index (χ0v) is 13.8. The normalized spacial score (nSPS) is 15.1. The van der Waals surface area contributed by atoms with E-state index in [1.54, 1.807) is 0 Å². The van der Waals surface area contributed by atoms with Crippen LogP contribution in [0.15, 0.2) is 90.8 Å². The summed E-state index contributed by atoms with van der Waals surface area (Å²) >= 11 is 0. The molecule has 1 aliphatic rings. The first-order chi connectivity index (χ1) is 12.4. The van der Waals surface area contributed by atoms with Crippen LogP contribution in [0.1, 0.15) is 5.69 Å². The molecule has 1 aliphatic heterocycles. The van der Waals surface area contributed by atoms with Gasteiger partial charge in [0, 0.05) is 23.5 Å². The molecule has 0 spiro atoms. The van der Waals surface area contributed by atoms with Gasteiger partial charge >= 0.3 is 0 Å². The van der Waals surface area contributed by atoms with Crippen LogP contribution in [0.3, 0.4) is 0 Å². The molecule has 120 valence electrons. The van der Waals surface area contributed by atoms with E-state index in [9.17, 15) is 0 Å². The fourth-order valence-corrected chi connectivity index (χ4v) is 2.81. The molecule has 2 heteroatoms. The summed E-state index contributed by atoms with van der Waals surface area (Å²) in [5.41, 5.74) is 2.03. The van der Waals surface area contributed by atoms with E-state index < -0.39 is 0 Å². The Labute approximate surface area is 146 Å². The summed E-state index contributed by atoms with van der Waals surface area (Å²) in [6.07, 6.45) is 16.2. The summed E-state index contributed by atoms with van der Waals surface area (Å²) < 4.78 is 0.